The number of aliphatic carboxylic acids is 1. The van der Waals surface area contributed by atoms with Crippen molar-refractivity contribution in [1.82, 2.24) is 0 Å². The third-order valence-electron chi connectivity index (χ3n) is 4.43. The van der Waals surface area contributed by atoms with Crippen molar-refractivity contribution in [2.24, 2.45) is 0 Å². The van der Waals surface area contributed by atoms with Crippen LogP contribution in [0.4, 0.5) is 0 Å². The first-order valence-corrected chi connectivity index (χ1v) is 6.81. The standard InChI is InChI=1S/C18H14O2/c1-10-6-7-13-14(8-10)15-9-16(18(19)20)17(13)12-5-3-2-4-11(12)15/h2-9,15,17H,1H3,(H,19,20). The highest BCUT2D eigenvalue weighted by Gasteiger charge is 2.40. The van der Waals surface area contributed by atoms with Crippen molar-refractivity contribution in [3.05, 3.63) is 81.9 Å². The Kier molecular flexibility index (Phi) is 2.19. The predicted octanol–water partition coefficient (Wildman–Crippen LogP) is 3.60. The Bertz CT molecular complexity index is 771. The molecular formula is C18H14O2. The van der Waals surface area contributed by atoms with Gasteiger partial charge in [0.2, 0.25) is 0 Å². The van der Waals surface area contributed by atoms with E-state index in [1.807, 2.05) is 18.2 Å². The lowest BCUT2D eigenvalue weighted by molar-refractivity contribution is -0.133. The molecule has 0 heterocycles. The summed E-state index contributed by atoms with van der Waals surface area (Å²) in [5, 5.41) is 9.50. The molecule has 5 rings (SSSR count). The molecule has 2 unspecified atom stereocenters. The van der Waals surface area contributed by atoms with Gasteiger partial charge in [-0.3, -0.25) is 0 Å². The fourth-order valence-corrected chi connectivity index (χ4v) is 3.60. The summed E-state index contributed by atoms with van der Waals surface area (Å²) >= 11 is 0. The molecule has 98 valence electrons. The van der Waals surface area contributed by atoms with Crippen molar-refractivity contribution in [3.63, 3.8) is 0 Å². The van der Waals surface area contributed by atoms with E-state index >= 15 is 0 Å². The average molecular weight is 262 g/mol. The fourth-order valence-electron chi connectivity index (χ4n) is 3.60. The van der Waals surface area contributed by atoms with Crippen LogP contribution in [0, 0.1) is 6.92 Å². The smallest absolute Gasteiger partial charge is 0.332 e. The Hall–Kier alpha value is -2.35. The van der Waals surface area contributed by atoms with Crippen LogP contribution in [0.5, 0.6) is 0 Å². The number of carboxylic acids is 1. The van der Waals surface area contributed by atoms with E-state index in [4.69, 9.17) is 0 Å². The van der Waals surface area contributed by atoms with Crippen molar-refractivity contribution in [2.75, 3.05) is 0 Å². The van der Waals surface area contributed by atoms with Crippen molar-refractivity contribution in [1.29, 1.82) is 0 Å². The molecular weight excluding hydrogens is 248 g/mol. The van der Waals surface area contributed by atoms with Crippen LogP contribution in [0.2, 0.25) is 0 Å². The van der Waals surface area contributed by atoms with Crippen LogP contribution in [0.25, 0.3) is 0 Å². The van der Waals surface area contributed by atoms with Crippen molar-refractivity contribution in [2.45, 2.75) is 18.8 Å². The quantitative estimate of drug-likeness (QED) is 0.852. The summed E-state index contributed by atoms with van der Waals surface area (Å²) in [4.78, 5) is 11.6. The number of carboxylic acid groups (broad SMARTS) is 1. The summed E-state index contributed by atoms with van der Waals surface area (Å²) in [6.45, 7) is 2.08. The molecule has 2 aromatic carbocycles. The Labute approximate surface area is 117 Å². The maximum absolute atomic E-state index is 11.6. The van der Waals surface area contributed by atoms with E-state index in [1.54, 1.807) is 0 Å². The number of carbonyl (C=O) groups is 1. The minimum Gasteiger partial charge on any atom is -0.478 e. The van der Waals surface area contributed by atoms with Gasteiger partial charge in [0, 0.05) is 17.4 Å². The summed E-state index contributed by atoms with van der Waals surface area (Å²) < 4.78 is 0. The second-order valence-corrected chi connectivity index (χ2v) is 5.60. The lowest BCUT2D eigenvalue weighted by Gasteiger charge is -2.38. The topological polar surface area (TPSA) is 37.3 Å². The van der Waals surface area contributed by atoms with E-state index in [0.717, 1.165) is 11.1 Å². The summed E-state index contributed by atoms with van der Waals surface area (Å²) in [5.74, 6) is -0.845. The van der Waals surface area contributed by atoms with E-state index in [2.05, 4.69) is 37.3 Å². The SMILES string of the molecule is Cc1ccc2c(c1)C1C=C(C(=O)O)C2c2ccccc21. The van der Waals surface area contributed by atoms with Crippen molar-refractivity contribution < 1.29 is 9.90 Å². The van der Waals surface area contributed by atoms with Gasteiger partial charge in [-0.2, -0.15) is 0 Å². The van der Waals surface area contributed by atoms with Gasteiger partial charge in [-0.15, -0.1) is 0 Å². The Morgan fingerprint density at radius 2 is 1.70 bits per heavy atom. The highest BCUT2D eigenvalue weighted by Crippen LogP contribution is 2.52. The van der Waals surface area contributed by atoms with Crippen LogP contribution in [0.3, 0.4) is 0 Å². The first-order chi connectivity index (χ1) is 9.66. The van der Waals surface area contributed by atoms with Gasteiger partial charge in [-0.1, -0.05) is 54.1 Å². The molecule has 3 aliphatic rings. The van der Waals surface area contributed by atoms with Gasteiger partial charge in [0.1, 0.15) is 0 Å². The van der Waals surface area contributed by atoms with Crippen molar-refractivity contribution in [3.8, 4) is 0 Å². The van der Waals surface area contributed by atoms with Crippen LogP contribution >= 0.6 is 0 Å². The average Bonchev–Trinajstić information content (AvgIpc) is 2.46. The maximum atomic E-state index is 11.6. The first kappa shape index (κ1) is 11.5. The highest BCUT2D eigenvalue weighted by atomic mass is 16.4. The van der Waals surface area contributed by atoms with Gasteiger partial charge in [0.25, 0.3) is 0 Å². The molecule has 0 fully saturated rings. The number of aryl methyl sites for hydroxylation is 1. The highest BCUT2D eigenvalue weighted by molar-refractivity contribution is 5.92. The summed E-state index contributed by atoms with van der Waals surface area (Å²) in [6, 6.07) is 14.6. The van der Waals surface area contributed by atoms with E-state index in [9.17, 15) is 9.90 Å². The molecule has 0 aromatic heterocycles. The summed E-state index contributed by atoms with van der Waals surface area (Å²) in [7, 11) is 0. The lowest BCUT2D eigenvalue weighted by atomic mass is 9.64. The molecule has 0 radical (unpaired) electrons. The fraction of sp³-hybridized carbons (Fsp3) is 0.167. The zero-order chi connectivity index (χ0) is 13.9. The molecule has 2 atom stereocenters. The van der Waals surface area contributed by atoms with Crippen LogP contribution in [0.1, 0.15) is 39.7 Å². The van der Waals surface area contributed by atoms with Crippen molar-refractivity contribution >= 4 is 5.97 Å². The number of allylic oxidation sites excluding steroid dienone is 1. The largest absolute Gasteiger partial charge is 0.478 e. The predicted molar refractivity (Wildman–Crippen MR) is 77.0 cm³/mol. The Morgan fingerprint density at radius 1 is 1.00 bits per heavy atom. The molecule has 0 spiro atoms. The normalized spacial score (nSPS) is 21.9. The molecule has 2 aromatic rings. The number of benzene rings is 2. The number of hydrogen-bond acceptors (Lipinski definition) is 1. The van der Waals surface area contributed by atoms with E-state index < -0.39 is 5.97 Å². The second kappa shape index (κ2) is 3.83. The monoisotopic (exact) mass is 262 g/mol. The van der Waals surface area contributed by atoms with Gasteiger partial charge in [0.15, 0.2) is 0 Å². The third-order valence-corrected chi connectivity index (χ3v) is 4.43. The van der Waals surface area contributed by atoms with E-state index in [0.29, 0.717) is 5.57 Å². The van der Waals surface area contributed by atoms with Gasteiger partial charge in [-0.25, -0.2) is 4.79 Å². The zero-order valence-corrected chi connectivity index (χ0v) is 11.1. The van der Waals surface area contributed by atoms with Crippen LogP contribution in [-0.4, -0.2) is 11.1 Å². The van der Waals surface area contributed by atoms with Crippen LogP contribution in [0.15, 0.2) is 54.1 Å². The lowest BCUT2D eigenvalue weighted by Crippen LogP contribution is -2.27. The van der Waals surface area contributed by atoms with E-state index in [1.165, 1.54) is 16.7 Å². The van der Waals surface area contributed by atoms with Crippen LogP contribution < -0.4 is 0 Å². The number of rotatable bonds is 1. The molecule has 3 aliphatic carbocycles. The molecule has 0 saturated carbocycles. The second-order valence-electron chi connectivity index (χ2n) is 5.60. The van der Waals surface area contributed by atoms with Gasteiger partial charge >= 0.3 is 5.97 Å². The molecule has 0 amide bonds. The Morgan fingerprint density at radius 3 is 2.45 bits per heavy atom. The zero-order valence-electron chi connectivity index (χ0n) is 11.1. The summed E-state index contributed by atoms with van der Waals surface area (Å²) in [6.07, 6.45) is 1.93. The minimum atomic E-state index is -0.805. The summed E-state index contributed by atoms with van der Waals surface area (Å²) in [5.41, 5.74) is 6.55. The van der Waals surface area contributed by atoms with Gasteiger partial charge < -0.3 is 5.11 Å². The minimum absolute atomic E-state index is 0.0807. The van der Waals surface area contributed by atoms with E-state index in [-0.39, 0.29) is 11.8 Å². The maximum Gasteiger partial charge on any atom is 0.332 e. The molecule has 0 saturated heterocycles. The molecule has 20 heavy (non-hydrogen) atoms. The first-order valence-electron chi connectivity index (χ1n) is 6.81. The van der Waals surface area contributed by atoms with Gasteiger partial charge in [-0.05, 0) is 29.2 Å². The molecule has 1 N–H and O–H groups in total. The van der Waals surface area contributed by atoms with Crippen LogP contribution in [-0.2, 0) is 4.79 Å². The molecule has 0 aliphatic heterocycles. The van der Waals surface area contributed by atoms with Gasteiger partial charge in [0.05, 0.1) is 0 Å². The number of hydrogen-bond donors (Lipinski definition) is 1. The molecule has 2 bridgehead atoms. The molecule has 2 nitrogen and oxygen atoms in total. The third kappa shape index (κ3) is 1.36. The Balaban J connectivity index is 2.04. The molecule has 2 heteroatoms.